The summed E-state index contributed by atoms with van der Waals surface area (Å²) < 4.78 is 50.7. The van der Waals surface area contributed by atoms with E-state index in [0.717, 1.165) is 20.0 Å². The van der Waals surface area contributed by atoms with Crippen molar-refractivity contribution in [2.45, 2.75) is 32.7 Å². The topological polar surface area (TPSA) is 17.8 Å². The van der Waals surface area contributed by atoms with Crippen LogP contribution in [0.3, 0.4) is 0 Å². The van der Waals surface area contributed by atoms with Crippen LogP contribution in [-0.4, -0.2) is 9.78 Å². The number of aryl methyl sites for hydroxylation is 1. The maximum atomic E-state index is 13.2. The molecule has 0 aliphatic heterocycles. The molecule has 0 spiro atoms. The van der Waals surface area contributed by atoms with E-state index in [1.807, 2.05) is 0 Å². The smallest absolute Gasteiger partial charge is 0.236 e. The van der Waals surface area contributed by atoms with Crippen LogP contribution in [0.15, 0.2) is 6.20 Å². The Balaban J connectivity index is 3.19. The third-order valence-corrected chi connectivity index (χ3v) is 1.71. The second kappa shape index (κ2) is 2.96. The standard InChI is InChI=1S/C8H10F4N2/c1-5-4-14(7(2,3)9)13-6(5)8(10,11)12/h4H,1-3H3. The van der Waals surface area contributed by atoms with Crippen molar-refractivity contribution in [3.05, 3.63) is 17.5 Å². The van der Waals surface area contributed by atoms with E-state index in [0.29, 0.717) is 4.68 Å². The predicted octanol–water partition coefficient (Wildman–Crippen LogP) is 2.87. The Bertz CT molecular complexity index is 332. The Morgan fingerprint density at radius 2 is 1.71 bits per heavy atom. The van der Waals surface area contributed by atoms with Crippen LogP contribution in [0.25, 0.3) is 0 Å². The Morgan fingerprint density at radius 1 is 1.21 bits per heavy atom. The van der Waals surface area contributed by atoms with Gasteiger partial charge in [0.2, 0.25) is 0 Å². The molecule has 0 aliphatic carbocycles. The molecule has 14 heavy (non-hydrogen) atoms. The molecule has 1 aromatic rings. The number of aromatic nitrogens is 2. The lowest BCUT2D eigenvalue weighted by molar-refractivity contribution is -0.142. The maximum Gasteiger partial charge on any atom is 0.435 e. The van der Waals surface area contributed by atoms with Crippen LogP contribution in [-0.2, 0) is 12.0 Å². The Hall–Kier alpha value is -1.07. The van der Waals surface area contributed by atoms with Gasteiger partial charge in [-0.2, -0.15) is 18.3 Å². The van der Waals surface area contributed by atoms with Crippen molar-refractivity contribution in [1.82, 2.24) is 9.78 Å². The fourth-order valence-corrected chi connectivity index (χ4v) is 1.01. The third kappa shape index (κ3) is 2.05. The summed E-state index contributed by atoms with van der Waals surface area (Å²) in [5.74, 6) is -1.92. The van der Waals surface area contributed by atoms with Crippen LogP contribution >= 0.6 is 0 Å². The monoisotopic (exact) mass is 210 g/mol. The van der Waals surface area contributed by atoms with Crippen LogP contribution in [0.2, 0.25) is 0 Å². The molecule has 6 heteroatoms. The summed E-state index contributed by atoms with van der Waals surface area (Å²) in [6.07, 6.45) is -3.48. The van der Waals surface area contributed by atoms with Crippen molar-refractivity contribution in [3.8, 4) is 0 Å². The second-order valence-corrected chi connectivity index (χ2v) is 3.51. The van der Waals surface area contributed by atoms with Crippen LogP contribution in [0.1, 0.15) is 25.1 Å². The molecular weight excluding hydrogens is 200 g/mol. The lowest BCUT2D eigenvalue weighted by Gasteiger charge is -2.14. The molecule has 80 valence electrons. The van der Waals surface area contributed by atoms with Crippen molar-refractivity contribution in [2.75, 3.05) is 0 Å². The van der Waals surface area contributed by atoms with Gasteiger partial charge in [0, 0.05) is 6.20 Å². The largest absolute Gasteiger partial charge is 0.435 e. The molecule has 1 aromatic heterocycles. The van der Waals surface area contributed by atoms with Gasteiger partial charge in [-0.05, 0) is 26.3 Å². The van der Waals surface area contributed by atoms with Crippen molar-refractivity contribution in [2.24, 2.45) is 0 Å². The van der Waals surface area contributed by atoms with Crippen molar-refractivity contribution in [1.29, 1.82) is 0 Å². The average molecular weight is 210 g/mol. The van der Waals surface area contributed by atoms with Gasteiger partial charge in [0.15, 0.2) is 11.5 Å². The van der Waals surface area contributed by atoms with Crippen molar-refractivity contribution in [3.63, 3.8) is 0 Å². The van der Waals surface area contributed by atoms with Crippen LogP contribution in [0, 0.1) is 6.92 Å². The minimum Gasteiger partial charge on any atom is -0.236 e. The summed E-state index contributed by atoms with van der Waals surface area (Å²) in [4.78, 5) is 0. The van der Waals surface area contributed by atoms with Crippen LogP contribution in [0.4, 0.5) is 17.6 Å². The minimum absolute atomic E-state index is 0.0803. The van der Waals surface area contributed by atoms with E-state index < -0.39 is 17.7 Å². The minimum atomic E-state index is -4.53. The summed E-state index contributed by atoms with van der Waals surface area (Å²) in [5.41, 5.74) is -1.12. The van der Waals surface area contributed by atoms with Gasteiger partial charge in [0.25, 0.3) is 0 Å². The number of hydrogen-bond donors (Lipinski definition) is 0. The molecule has 0 aromatic carbocycles. The average Bonchev–Trinajstić information content (AvgIpc) is 2.27. The van der Waals surface area contributed by atoms with Crippen LogP contribution < -0.4 is 0 Å². The second-order valence-electron chi connectivity index (χ2n) is 3.51. The maximum absolute atomic E-state index is 13.2. The summed E-state index contributed by atoms with van der Waals surface area (Å²) in [7, 11) is 0. The Kier molecular flexibility index (Phi) is 2.33. The highest BCUT2D eigenvalue weighted by atomic mass is 19.4. The summed E-state index contributed by atoms with van der Waals surface area (Å²) >= 11 is 0. The number of hydrogen-bond acceptors (Lipinski definition) is 1. The molecule has 0 saturated heterocycles. The molecule has 0 unspecified atom stereocenters. The first kappa shape index (κ1) is 11.0. The molecule has 1 rings (SSSR count). The molecule has 0 N–H and O–H groups in total. The molecule has 0 saturated carbocycles. The zero-order chi connectivity index (χ0) is 11.1. The van der Waals surface area contributed by atoms with Crippen molar-refractivity contribution < 1.29 is 17.6 Å². The Labute approximate surface area is 78.5 Å². The van der Waals surface area contributed by atoms with Gasteiger partial charge in [-0.3, -0.25) is 0 Å². The molecule has 0 aliphatic rings. The van der Waals surface area contributed by atoms with E-state index >= 15 is 0 Å². The molecule has 2 nitrogen and oxygen atoms in total. The molecule has 0 radical (unpaired) electrons. The SMILES string of the molecule is Cc1cn(C(C)(C)F)nc1C(F)(F)F. The van der Waals surface area contributed by atoms with Gasteiger partial charge in [-0.15, -0.1) is 0 Å². The number of alkyl halides is 4. The van der Waals surface area contributed by atoms with Crippen molar-refractivity contribution >= 4 is 0 Å². The van der Waals surface area contributed by atoms with E-state index in [2.05, 4.69) is 5.10 Å². The summed E-state index contributed by atoms with van der Waals surface area (Å²) in [6, 6.07) is 0. The molecule has 0 atom stereocenters. The van der Waals surface area contributed by atoms with Gasteiger partial charge >= 0.3 is 6.18 Å². The highest BCUT2D eigenvalue weighted by Crippen LogP contribution is 2.31. The molecule has 0 amide bonds. The Morgan fingerprint density at radius 3 is 1.93 bits per heavy atom. The molecule has 1 heterocycles. The fraction of sp³-hybridized carbons (Fsp3) is 0.625. The van der Waals surface area contributed by atoms with E-state index in [4.69, 9.17) is 0 Å². The van der Waals surface area contributed by atoms with Gasteiger partial charge in [0.1, 0.15) is 0 Å². The highest BCUT2D eigenvalue weighted by molar-refractivity contribution is 5.18. The zero-order valence-electron chi connectivity index (χ0n) is 7.98. The van der Waals surface area contributed by atoms with Gasteiger partial charge in [-0.25, -0.2) is 9.07 Å². The lowest BCUT2D eigenvalue weighted by Crippen LogP contribution is -2.21. The number of nitrogens with zero attached hydrogens (tertiary/aromatic N) is 2. The molecular formula is C8H10F4N2. The lowest BCUT2D eigenvalue weighted by atomic mass is 10.3. The molecule has 0 fully saturated rings. The normalized spacial score (nSPS) is 13.4. The first-order chi connectivity index (χ1) is 6.12. The van der Waals surface area contributed by atoms with E-state index in [9.17, 15) is 17.6 Å². The van der Waals surface area contributed by atoms with E-state index in [1.54, 1.807) is 0 Å². The van der Waals surface area contributed by atoms with Gasteiger partial charge in [-0.1, -0.05) is 0 Å². The van der Waals surface area contributed by atoms with E-state index in [-0.39, 0.29) is 5.56 Å². The molecule has 0 bridgehead atoms. The highest BCUT2D eigenvalue weighted by Gasteiger charge is 2.37. The zero-order valence-corrected chi connectivity index (χ0v) is 7.98. The van der Waals surface area contributed by atoms with Crippen LogP contribution in [0.5, 0.6) is 0 Å². The van der Waals surface area contributed by atoms with E-state index in [1.165, 1.54) is 6.92 Å². The van der Waals surface area contributed by atoms with Gasteiger partial charge in [0.05, 0.1) is 0 Å². The number of rotatable bonds is 1. The fourth-order valence-electron chi connectivity index (χ4n) is 1.01. The first-order valence-electron chi connectivity index (χ1n) is 3.95. The predicted molar refractivity (Wildman–Crippen MR) is 42.4 cm³/mol. The summed E-state index contributed by atoms with van der Waals surface area (Å²) in [6.45, 7) is 3.53. The van der Waals surface area contributed by atoms with Gasteiger partial charge < -0.3 is 0 Å². The third-order valence-electron chi connectivity index (χ3n) is 1.71. The quantitative estimate of drug-likeness (QED) is 0.651. The summed E-state index contributed by atoms with van der Waals surface area (Å²) in [5, 5.41) is 3.17. The first-order valence-corrected chi connectivity index (χ1v) is 3.95. The number of halogens is 4.